The van der Waals surface area contributed by atoms with E-state index in [1.54, 1.807) is 6.07 Å². The lowest BCUT2D eigenvalue weighted by atomic mass is 10.1. The van der Waals surface area contributed by atoms with Crippen molar-refractivity contribution in [3.05, 3.63) is 83.1 Å². The summed E-state index contributed by atoms with van der Waals surface area (Å²) in [6.45, 7) is 4.39. The third kappa shape index (κ3) is 7.80. The Morgan fingerprint density at radius 2 is 1.92 bits per heavy atom. The summed E-state index contributed by atoms with van der Waals surface area (Å²) >= 11 is 0. The van der Waals surface area contributed by atoms with E-state index in [0.717, 1.165) is 36.3 Å². The van der Waals surface area contributed by atoms with Crippen molar-refractivity contribution in [3.8, 4) is 5.75 Å². The molecule has 1 atom stereocenters. The molecule has 1 amide bonds. The highest BCUT2D eigenvalue weighted by Crippen LogP contribution is 2.30. The SMILES string of the molecule is CCOc1ccc(CN(Cc2cccc(C(F)(F)F)c2)Cc2nc(C(=O)NC[C@@H]3CCCO3)co2)cc1. The molecule has 1 N–H and O–H groups in total. The largest absolute Gasteiger partial charge is 0.494 e. The summed E-state index contributed by atoms with van der Waals surface area (Å²) in [5, 5.41) is 2.80. The summed E-state index contributed by atoms with van der Waals surface area (Å²) in [5.74, 6) is 0.670. The molecular weight excluding hydrogens is 487 g/mol. The first-order valence-corrected chi connectivity index (χ1v) is 12.2. The van der Waals surface area contributed by atoms with E-state index in [0.29, 0.717) is 37.8 Å². The van der Waals surface area contributed by atoms with E-state index in [9.17, 15) is 18.0 Å². The predicted octanol–water partition coefficient (Wildman–Crippen LogP) is 5.20. The van der Waals surface area contributed by atoms with Gasteiger partial charge in [0.25, 0.3) is 5.91 Å². The topological polar surface area (TPSA) is 76.8 Å². The molecule has 2 aromatic carbocycles. The van der Waals surface area contributed by atoms with E-state index in [-0.39, 0.29) is 30.8 Å². The summed E-state index contributed by atoms with van der Waals surface area (Å²) < 4.78 is 56.3. The van der Waals surface area contributed by atoms with E-state index in [4.69, 9.17) is 13.9 Å². The Labute approximate surface area is 213 Å². The smallest absolute Gasteiger partial charge is 0.416 e. The van der Waals surface area contributed by atoms with Gasteiger partial charge < -0.3 is 19.2 Å². The summed E-state index contributed by atoms with van der Waals surface area (Å²) in [7, 11) is 0. The first-order valence-electron chi connectivity index (χ1n) is 12.2. The van der Waals surface area contributed by atoms with Crippen LogP contribution in [0.4, 0.5) is 13.2 Å². The van der Waals surface area contributed by atoms with Crippen molar-refractivity contribution in [2.75, 3.05) is 19.8 Å². The Hall–Kier alpha value is -3.37. The van der Waals surface area contributed by atoms with Gasteiger partial charge in [0.05, 0.1) is 24.8 Å². The summed E-state index contributed by atoms with van der Waals surface area (Å²) in [6.07, 6.45) is -1.25. The van der Waals surface area contributed by atoms with Gasteiger partial charge in [-0.05, 0) is 49.1 Å². The number of carbonyl (C=O) groups is 1. The Morgan fingerprint density at radius 1 is 1.14 bits per heavy atom. The van der Waals surface area contributed by atoms with Crippen molar-refractivity contribution in [1.29, 1.82) is 0 Å². The lowest BCUT2D eigenvalue weighted by Gasteiger charge is -2.22. The van der Waals surface area contributed by atoms with Gasteiger partial charge in [0.2, 0.25) is 5.89 Å². The molecule has 1 aliphatic rings. The minimum absolute atomic E-state index is 0.00684. The van der Waals surface area contributed by atoms with Crippen LogP contribution in [0.2, 0.25) is 0 Å². The van der Waals surface area contributed by atoms with Gasteiger partial charge in [0, 0.05) is 26.2 Å². The molecule has 3 aromatic rings. The Kier molecular flexibility index (Phi) is 8.83. The molecule has 0 bridgehead atoms. The monoisotopic (exact) mass is 517 g/mol. The fraction of sp³-hybridized carbons (Fsp3) is 0.407. The van der Waals surface area contributed by atoms with Gasteiger partial charge in [-0.25, -0.2) is 4.98 Å². The highest BCUT2D eigenvalue weighted by Gasteiger charge is 2.30. The first kappa shape index (κ1) is 26.7. The van der Waals surface area contributed by atoms with Gasteiger partial charge in [-0.3, -0.25) is 9.69 Å². The Bertz CT molecular complexity index is 1160. The van der Waals surface area contributed by atoms with Crippen molar-refractivity contribution < 1.29 is 31.9 Å². The molecule has 1 saturated heterocycles. The van der Waals surface area contributed by atoms with Crippen molar-refractivity contribution in [2.24, 2.45) is 0 Å². The van der Waals surface area contributed by atoms with Gasteiger partial charge in [-0.15, -0.1) is 0 Å². The molecule has 37 heavy (non-hydrogen) atoms. The van der Waals surface area contributed by atoms with E-state index in [1.165, 1.54) is 12.3 Å². The van der Waals surface area contributed by atoms with Crippen LogP contribution in [-0.4, -0.2) is 41.7 Å². The molecule has 1 aromatic heterocycles. The lowest BCUT2D eigenvalue weighted by molar-refractivity contribution is -0.137. The van der Waals surface area contributed by atoms with Crippen LogP contribution >= 0.6 is 0 Å². The van der Waals surface area contributed by atoms with Crippen LogP contribution in [0.5, 0.6) is 5.75 Å². The minimum atomic E-state index is -4.43. The van der Waals surface area contributed by atoms with Crippen molar-refractivity contribution >= 4 is 5.91 Å². The second-order valence-electron chi connectivity index (χ2n) is 8.89. The highest BCUT2D eigenvalue weighted by molar-refractivity contribution is 5.91. The average molecular weight is 518 g/mol. The van der Waals surface area contributed by atoms with Gasteiger partial charge in [0.15, 0.2) is 5.69 Å². The number of benzene rings is 2. The molecule has 198 valence electrons. The number of nitrogens with zero attached hydrogens (tertiary/aromatic N) is 2. The number of hydrogen-bond donors (Lipinski definition) is 1. The number of amides is 1. The van der Waals surface area contributed by atoms with Gasteiger partial charge in [-0.1, -0.05) is 30.3 Å². The maximum atomic E-state index is 13.2. The summed E-state index contributed by atoms with van der Waals surface area (Å²) in [4.78, 5) is 18.7. The number of rotatable bonds is 11. The third-order valence-corrected chi connectivity index (χ3v) is 5.96. The molecule has 0 saturated carbocycles. The average Bonchev–Trinajstić information content (AvgIpc) is 3.56. The van der Waals surface area contributed by atoms with E-state index < -0.39 is 11.7 Å². The molecule has 0 spiro atoms. The Morgan fingerprint density at radius 3 is 2.62 bits per heavy atom. The van der Waals surface area contributed by atoms with E-state index >= 15 is 0 Å². The second kappa shape index (κ2) is 12.2. The molecule has 1 fully saturated rings. The summed E-state index contributed by atoms with van der Waals surface area (Å²) in [5.41, 5.74) is 0.888. The lowest BCUT2D eigenvalue weighted by Crippen LogP contribution is -2.32. The van der Waals surface area contributed by atoms with Crippen LogP contribution in [0.3, 0.4) is 0 Å². The second-order valence-corrected chi connectivity index (χ2v) is 8.89. The number of halogens is 3. The standard InChI is InChI=1S/C27H30F3N3O4/c1-2-35-22-10-8-19(9-11-22)15-33(16-20-5-3-6-21(13-20)27(28,29)30)17-25-32-24(18-37-25)26(34)31-14-23-7-4-12-36-23/h3,5-6,8-11,13,18,23H,2,4,7,12,14-17H2,1H3,(H,31,34)/t23-/m0/s1. The molecule has 0 unspecified atom stereocenters. The molecule has 10 heteroatoms. The molecule has 1 aliphatic heterocycles. The van der Waals surface area contributed by atoms with Crippen LogP contribution in [-0.2, 0) is 30.5 Å². The summed E-state index contributed by atoms with van der Waals surface area (Å²) in [6, 6.07) is 12.8. The number of carbonyl (C=O) groups excluding carboxylic acids is 1. The number of hydrogen-bond acceptors (Lipinski definition) is 6. The first-order chi connectivity index (χ1) is 17.8. The van der Waals surface area contributed by atoms with Crippen LogP contribution in [0.1, 0.15) is 52.8 Å². The Balaban J connectivity index is 1.46. The molecule has 4 rings (SSSR count). The zero-order valence-corrected chi connectivity index (χ0v) is 20.6. The van der Waals surface area contributed by atoms with Gasteiger partial charge >= 0.3 is 6.18 Å². The van der Waals surface area contributed by atoms with E-state index in [1.807, 2.05) is 36.1 Å². The van der Waals surface area contributed by atoms with Crippen LogP contribution < -0.4 is 10.1 Å². The van der Waals surface area contributed by atoms with Crippen molar-refractivity contribution in [2.45, 2.75) is 51.7 Å². The quantitative estimate of drug-likeness (QED) is 0.377. The van der Waals surface area contributed by atoms with Gasteiger partial charge in [-0.2, -0.15) is 13.2 Å². The fourth-order valence-corrected chi connectivity index (χ4v) is 4.17. The maximum Gasteiger partial charge on any atom is 0.416 e. The minimum Gasteiger partial charge on any atom is -0.494 e. The van der Waals surface area contributed by atoms with E-state index in [2.05, 4.69) is 10.3 Å². The highest BCUT2D eigenvalue weighted by atomic mass is 19.4. The number of ether oxygens (including phenoxy) is 2. The number of aromatic nitrogens is 1. The van der Waals surface area contributed by atoms with Gasteiger partial charge in [0.1, 0.15) is 12.0 Å². The number of alkyl halides is 3. The predicted molar refractivity (Wildman–Crippen MR) is 130 cm³/mol. The van der Waals surface area contributed by atoms with Crippen molar-refractivity contribution in [1.82, 2.24) is 15.2 Å². The van der Waals surface area contributed by atoms with Crippen LogP contribution in [0.15, 0.2) is 59.2 Å². The number of nitrogens with one attached hydrogen (secondary N) is 1. The van der Waals surface area contributed by atoms with Crippen molar-refractivity contribution in [3.63, 3.8) is 0 Å². The zero-order chi connectivity index (χ0) is 26.3. The molecule has 0 radical (unpaired) electrons. The molecule has 7 nitrogen and oxygen atoms in total. The fourth-order valence-electron chi connectivity index (χ4n) is 4.17. The maximum absolute atomic E-state index is 13.2. The van der Waals surface area contributed by atoms with Crippen LogP contribution in [0, 0.1) is 0 Å². The van der Waals surface area contributed by atoms with Crippen LogP contribution in [0.25, 0.3) is 0 Å². The molecule has 0 aliphatic carbocycles. The normalized spacial score (nSPS) is 15.8. The molecule has 2 heterocycles. The molecular formula is C27H30F3N3O4. The zero-order valence-electron chi connectivity index (χ0n) is 20.6. The number of oxazole rings is 1. The third-order valence-electron chi connectivity index (χ3n) is 5.96.